The van der Waals surface area contributed by atoms with Gasteiger partial charge in [-0.2, -0.15) is 0 Å². The summed E-state index contributed by atoms with van der Waals surface area (Å²) in [5.41, 5.74) is 3.51. The predicted octanol–water partition coefficient (Wildman–Crippen LogP) is 4.45. The van der Waals surface area contributed by atoms with Gasteiger partial charge in [0, 0.05) is 18.3 Å². The summed E-state index contributed by atoms with van der Waals surface area (Å²) in [4.78, 5) is 8.63. The van der Waals surface area contributed by atoms with E-state index >= 15 is 0 Å². The fourth-order valence-electron chi connectivity index (χ4n) is 2.85. The van der Waals surface area contributed by atoms with Gasteiger partial charge in [0.2, 0.25) is 0 Å². The molecular weight excluding hydrogens is 324 g/mol. The average molecular weight is 348 g/mol. The fraction of sp³-hybridized carbons (Fsp3) is 0.238. The molecule has 5 nitrogen and oxygen atoms in total. The van der Waals surface area contributed by atoms with Crippen LogP contribution in [-0.2, 0) is 12.8 Å². The van der Waals surface area contributed by atoms with E-state index < -0.39 is 0 Å². The summed E-state index contributed by atoms with van der Waals surface area (Å²) >= 11 is 0. The Labute approximate surface area is 154 Å². The number of ether oxygens (including phenoxy) is 1. The quantitative estimate of drug-likeness (QED) is 0.630. The molecule has 0 amide bonds. The molecule has 134 valence electrons. The Morgan fingerprint density at radius 2 is 1.65 bits per heavy atom. The van der Waals surface area contributed by atoms with E-state index in [2.05, 4.69) is 51.8 Å². The normalized spacial score (nSPS) is 10.4. The van der Waals surface area contributed by atoms with Gasteiger partial charge in [-0.25, -0.2) is 9.97 Å². The molecule has 0 radical (unpaired) electrons. The van der Waals surface area contributed by atoms with Crippen LogP contribution >= 0.6 is 0 Å². The van der Waals surface area contributed by atoms with Crippen molar-refractivity contribution < 1.29 is 4.74 Å². The summed E-state index contributed by atoms with van der Waals surface area (Å²) in [7, 11) is 1.70. The number of methoxy groups -OCH3 is 1. The highest BCUT2D eigenvalue weighted by molar-refractivity contribution is 5.62. The summed E-state index contributed by atoms with van der Waals surface area (Å²) < 4.78 is 5.39. The van der Waals surface area contributed by atoms with Crippen LogP contribution in [0.4, 0.5) is 17.3 Å². The Hall–Kier alpha value is -3.08. The fourth-order valence-corrected chi connectivity index (χ4v) is 2.85. The van der Waals surface area contributed by atoms with Crippen LogP contribution in [0.5, 0.6) is 5.75 Å². The number of hydrogen-bond acceptors (Lipinski definition) is 5. The lowest BCUT2D eigenvalue weighted by Crippen LogP contribution is -2.08. The lowest BCUT2D eigenvalue weighted by Gasteiger charge is -2.12. The molecule has 0 unspecified atom stereocenters. The van der Waals surface area contributed by atoms with Crippen molar-refractivity contribution >= 4 is 17.3 Å². The first-order chi connectivity index (χ1) is 12.8. The molecule has 3 rings (SSSR count). The first-order valence-corrected chi connectivity index (χ1v) is 8.83. The first-order valence-electron chi connectivity index (χ1n) is 8.83. The molecule has 26 heavy (non-hydrogen) atoms. The summed E-state index contributed by atoms with van der Waals surface area (Å²) in [6, 6.07) is 18.2. The van der Waals surface area contributed by atoms with Gasteiger partial charge in [-0.1, -0.05) is 43.3 Å². The molecule has 2 N–H and O–H groups in total. The highest BCUT2D eigenvalue weighted by Crippen LogP contribution is 2.21. The summed E-state index contributed by atoms with van der Waals surface area (Å²) in [6.45, 7) is 2.91. The van der Waals surface area contributed by atoms with Crippen molar-refractivity contribution in [3.8, 4) is 5.75 Å². The molecule has 3 aromatic rings. The van der Waals surface area contributed by atoms with Crippen molar-refractivity contribution in [1.29, 1.82) is 0 Å². The van der Waals surface area contributed by atoms with E-state index in [0.29, 0.717) is 0 Å². The van der Waals surface area contributed by atoms with Crippen LogP contribution in [0.2, 0.25) is 0 Å². The number of hydrogen-bond donors (Lipinski definition) is 2. The van der Waals surface area contributed by atoms with Crippen LogP contribution in [-0.4, -0.2) is 23.6 Å². The zero-order valence-corrected chi connectivity index (χ0v) is 15.2. The Kier molecular flexibility index (Phi) is 6.04. The lowest BCUT2D eigenvalue weighted by atomic mass is 10.1. The van der Waals surface area contributed by atoms with E-state index in [9.17, 15) is 0 Å². The predicted molar refractivity (Wildman–Crippen MR) is 106 cm³/mol. The van der Waals surface area contributed by atoms with Gasteiger partial charge in [0.05, 0.1) is 7.11 Å². The minimum absolute atomic E-state index is 0.766. The number of aromatic nitrogens is 2. The molecule has 0 saturated carbocycles. The summed E-state index contributed by atoms with van der Waals surface area (Å²) in [6.07, 6.45) is 3.40. The second-order valence-corrected chi connectivity index (χ2v) is 5.91. The van der Waals surface area contributed by atoms with Crippen LogP contribution in [0.3, 0.4) is 0 Å². The SMILES string of the molecule is CCc1ccccc1Nc1cc(NCCc2ccccc2OC)ncn1. The van der Waals surface area contributed by atoms with E-state index in [-0.39, 0.29) is 0 Å². The molecular formula is C21H24N4O. The second-order valence-electron chi connectivity index (χ2n) is 5.91. The van der Waals surface area contributed by atoms with Gasteiger partial charge in [0.15, 0.2) is 0 Å². The highest BCUT2D eigenvalue weighted by Gasteiger charge is 2.04. The Balaban J connectivity index is 1.62. The van der Waals surface area contributed by atoms with Crippen molar-refractivity contribution in [1.82, 2.24) is 9.97 Å². The zero-order chi connectivity index (χ0) is 18.2. The maximum absolute atomic E-state index is 5.39. The molecule has 0 fully saturated rings. The van der Waals surface area contributed by atoms with Gasteiger partial charge >= 0.3 is 0 Å². The first kappa shape index (κ1) is 17.7. The van der Waals surface area contributed by atoms with Gasteiger partial charge in [-0.05, 0) is 36.1 Å². The molecule has 1 aromatic heterocycles. The third kappa shape index (κ3) is 4.51. The molecule has 0 spiro atoms. The van der Waals surface area contributed by atoms with Gasteiger partial charge in [0.25, 0.3) is 0 Å². The molecule has 0 atom stereocenters. The van der Waals surface area contributed by atoms with Crippen molar-refractivity contribution in [2.75, 3.05) is 24.3 Å². The topological polar surface area (TPSA) is 59.1 Å². The largest absolute Gasteiger partial charge is 0.496 e. The number of benzene rings is 2. The monoisotopic (exact) mass is 348 g/mol. The molecule has 2 aromatic carbocycles. The minimum atomic E-state index is 0.766. The van der Waals surface area contributed by atoms with Crippen LogP contribution in [0, 0.1) is 0 Å². The summed E-state index contributed by atoms with van der Waals surface area (Å²) in [5, 5.41) is 6.73. The molecule has 0 aliphatic carbocycles. The van der Waals surface area contributed by atoms with Gasteiger partial charge in [-0.3, -0.25) is 0 Å². The lowest BCUT2D eigenvalue weighted by molar-refractivity contribution is 0.410. The second kappa shape index (κ2) is 8.85. The van der Waals surface area contributed by atoms with Crippen molar-refractivity contribution in [3.05, 3.63) is 72.1 Å². The van der Waals surface area contributed by atoms with Gasteiger partial charge in [-0.15, -0.1) is 0 Å². The van der Waals surface area contributed by atoms with Crippen LogP contribution in [0.15, 0.2) is 60.9 Å². The van der Waals surface area contributed by atoms with E-state index in [1.165, 1.54) is 11.1 Å². The van der Waals surface area contributed by atoms with Crippen molar-refractivity contribution in [2.24, 2.45) is 0 Å². The maximum Gasteiger partial charge on any atom is 0.135 e. The van der Waals surface area contributed by atoms with Crippen LogP contribution in [0.25, 0.3) is 0 Å². The van der Waals surface area contributed by atoms with Gasteiger partial charge in [0.1, 0.15) is 23.7 Å². The number of nitrogens with zero attached hydrogens (tertiary/aromatic N) is 2. The number of rotatable bonds is 8. The van der Waals surface area contributed by atoms with E-state index in [1.807, 2.05) is 30.3 Å². The smallest absolute Gasteiger partial charge is 0.135 e. The maximum atomic E-state index is 5.39. The van der Waals surface area contributed by atoms with Crippen LogP contribution in [0.1, 0.15) is 18.1 Å². The zero-order valence-electron chi connectivity index (χ0n) is 15.2. The van der Waals surface area contributed by atoms with Crippen molar-refractivity contribution in [2.45, 2.75) is 19.8 Å². The molecule has 5 heteroatoms. The molecule has 0 aliphatic heterocycles. The van der Waals surface area contributed by atoms with Gasteiger partial charge < -0.3 is 15.4 Å². The van der Waals surface area contributed by atoms with E-state index in [1.54, 1.807) is 13.4 Å². The molecule has 0 aliphatic rings. The van der Waals surface area contributed by atoms with Crippen LogP contribution < -0.4 is 15.4 Å². The number of anilines is 3. The summed E-state index contributed by atoms with van der Waals surface area (Å²) in [5.74, 6) is 2.49. The van der Waals surface area contributed by atoms with E-state index in [4.69, 9.17) is 4.74 Å². The number of para-hydroxylation sites is 2. The minimum Gasteiger partial charge on any atom is -0.496 e. The third-order valence-electron chi connectivity index (χ3n) is 4.22. The third-order valence-corrected chi connectivity index (χ3v) is 4.22. The number of aryl methyl sites for hydroxylation is 1. The Morgan fingerprint density at radius 3 is 2.46 bits per heavy atom. The Morgan fingerprint density at radius 1 is 0.923 bits per heavy atom. The van der Waals surface area contributed by atoms with Crippen molar-refractivity contribution in [3.63, 3.8) is 0 Å². The highest BCUT2D eigenvalue weighted by atomic mass is 16.5. The average Bonchev–Trinajstić information content (AvgIpc) is 2.69. The molecule has 1 heterocycles. The molecule has 0 saturated heterocycles. The number of nitrogens with one attached hydrogen (secondary N) is 2. The van der Waals surface area contributed by atoms with E-state index in [0.717, 1.165) is 42.5 Å². The Bertz CT molecular complexity index is 851. The standard InChI is InChI=1S/C21H24N4O/c1-3-16-8-4-6-10-18(16)25-21-14-20(23-15-24-21)22-13-12-17-9-5-7-11-19(17)26-2/h4-11,14-15H,3,12-13H2,1-2H3,(H2,22,23,24,25). The molecule has 0 bridgehead atoms.